The van der Waals surface area contributed by atoms with Gasteiger partial charge in [0.1, 0.15) is 6.07 Å². The van der Waals surface area contributed by atoms with E-state index >= 15 is 0 Å². The van der Waals surface area contributed by atoms with Crippen molar-refractivity contribution in [2.24, 2.45) is 0 Å². The molecule has 21 heavy (non-hydrogen) atoms. The minimum absolute atomic E-state index is 0.0510. The minimum atomic E-state index is -0.0510. The van der Waals surface area contributed by atoms with Gasteiger partial charge in [-0.15, -0.1) is 0 Å². The van der Waals surface area contributed by atoms with Crippen LogP contribution in [0.4, 0.5) is 5.69 Å². The fourth-order valence-electron chi connectivity index (χ4n) is 2.12. The zero-order valence-electron chi connectivity index (χ0n) is 13.1. The molecule has 1 N–H and O–H groups in total. The molecule has 0 aliphatic rings. The third-order valence-electron chi connectivity index (χ3n) is 3.34. The van der Waals surface area contributed by atoms with E-state index in [1.165, 1.54) is 0 Å². The topological polar surface area (TPSA) is 56.1 Å². The highest BCUT2D eigenvalue weighted by molar-refractivity contribution is 5.93. The van der Waals surface area contributed by atoms with E-state index in [2.05, 4.69) is 30.1 Å². The van der Waals surface area contributed by atoms with E-state index in [0.29, 0.717) is 17.8 Å². The number of rotatable bonds is 9. The summed E-state index contributed by atoms with van der Waals surface area (Å²) in [5.41, 5.74) is 1.09. The maximum absolute atomic E-state index is 12.2. The molecule has 0 radical (unpaired) electrons. The highest BCUT2D eigenvalue weighted by Crippen LogP contribution is 2.13. The lowest BCUT2D eigenvalue weighted by atomic mass is 10.2. The Morgan fingerprint density at radius 2 is 1.81 bits per heavy atom. The number of hydrogen-bond donors (Lipinski definition) is 1. The van der Waals surface area contributed by atoms with Crippen LogP contribution in [0.15, 0.2) is 24.3 Å². The molecule has 0 bridgehead atoms. The third kappa shape index (κ3) is 6.42. The molecule has 114 valence electrons. The second kappa shape index (κ2) is 9.95. The summed E-state index contributed by atoms with van der Waals surface area (Å²) in [4.78, 5) is 14.3. The minimum Gasteiger partial charge on any atom is -0.324 e. The Morgan fingerprint density at radius 1 is 1.19 bits per heavy atom. The van der Waals surface area contributed by atoms with Gasteiger partial charge in [-0.25, -0.2) is 0 Å². The molecule has 0 saturated carbocycles. The van der Waals surface area contributed by atoms with Crippen molar-refractivity contribution < 1.29 is 4.79 Å². The van der Waals surface area contributed by atoms with Crippen LogP contribution < -0.4 is 5.32 Å². The first kappa shape index (κ1) is 17.2. The maximum atomic E-state index is 12.2. The molecular weight excluding hydrogens is 262 g/mol. The van der Waals surface area contributed by atoms with Crippen molar-refractivity contribution in [3.8, 4) is 6.07 Å². The van der Waals surface area contributed by atoms with Crippen LogP contribution in [0.1, 0.15) is 45.1 Å². The normalized spacial score (nSPS) is 10.4. The maximum Gasteiger partial charge on any atom is 0.238 e. The molecule has 0 aromatic heterocycles. The quantitative estimate of drug-likeness (QED) is 0.757. The molecule has 0 fully saturated rings. The molecule has 0 atom stereocenters. The van der Waals surface area contributed by atoms with E-state index < -0.39 is 0 Å². The van der Waals surface area contributed by atoms with Crippen LogP contribution in [0, 0.1) is 11.3 Å². The number of unbranched alkanes of at least 4 members (excludes halogenated alkanes) is 2. The van der Waals surface area contributed by atoms with Gasteiger partial charge in [0.25, 0.3) is 0 Å². The summed E-state index contributed by atoms with van der Waals surface area (Å²) in [6.07, 6.45) is 4.46. The van der Waals surface area contributed by atoms with Crippen molar-refractivity contribution in [1.82, 2.24) is 4.90 Å². The van der Waals surface area contributed by atoms with E-state index in [9.17, 15) is 4.79 Å². The zero-order chi connectivity index (χ0) is 15.5. The van der Waals surface area contributed by atoms with Crippen molar-refractivity contribution in [2.75, 3.05) is 25.0 Å². The van der Waals surface area contributed by atoms with Crippen LogP contribution in [0.3, 0.4) is 0 Å². The summed E-state index contributed by atoms with van der Waals surface area (Å²) in [6.45, 7) is 6.59. The van der Waals surface area contributed by atoms with Gasteiger partial charge in [0.2, 0.25) is 5.91 Å². The number of amides is 1. The van der Waals surface area contributed by atoms with Crippen molar-refractivity contribution in [3.63, 3.8) is 0 Å². The molecule has 1 aromatic rings. The number of hydrogen-bond acceptors (Lipinski definition) is 3. The first-order valence-electron chi connectivity index (χ1n) is 7.72. The van der Waals surface area contributed by atoms with Gasteiger partial charge in [-0.3, -0.25) is 9.69 Å². The van der Waals surface area contributed by atoms with Crippen molar-refractivity contribution in [1.29, 1.82) is 5.26 Å². The second-order valence-corrected chi connectivity index (χ2v) is 5.19. The standard InChI is InChI=1S/C17H25N3O/c1-3-5-11-20(12-6-4-2)14-17(21)19-16-10-8-7-9-15(16)13-18/h7-10H,3-6,11-12,14H2,1-2H3,(H,19,21). The third-order valence-corrected chi connectivity index (χ3v) is 3.34. The molecule has 0 spiro atoms. The molecule has 0 aliphatic heterocycles. The number of para-hydroxylation sites is 1. The van der Waals surface area contributed by atoms with E-state index in [1.807, 2.05) is 6.07 Å². The van der Waals surface area contributed by atoms with Crippen LogP contribution >= 0.6 is 0 Å². The number of nitrogens with one attached hydrogen (secondary N) is 1. The predicted molar refractivity (Wildman–Crippen MR) is 86.0 cm³/mol. The molecule has 0 aliphatic carbocycles. The number of carbonyl (C=O) groups is 1. The fraction of sp³-hybridized carbons (Fsp3) is 0.529. The van der Waals surface area contributed by atoms with E-state index in [-0.39, 0.29) is 5.91 Å². The highest BCUT2D eigenvalue weighted by Gasteiger charge is 2.11. The lowest BCUT2D eigenvalue weighted by Gasteiger charge is -2.21. The van der Waals surface area contributed by atoms with Crippen molar-refractivity contribution >= 4 is 11.6 Å². The Labute approximate surface area is 127 Å². The smallest absolute Gasteiger partial charge is 0.238 e. The molecule has 4 nitrogen and oxygen atoms in total. The molecule has 4 heteroatoms. The summed E-state index contributed by atoms with van der Waals surface area (Å²) in [7, 11) is 0. The Kier molecular flexibility index (Phi) is 8.15. The van der Waals surface area contributed by atoms with Crippen molar-refractivity contribution in [2.45, 2.75) is 39.5 Å². The molecule has 0 heterocycles. The number of nitrogens with zero attached hydrogens (tertiary/aromatic N) is 2. The van der Waals surface area contributed by atoms with Crippen LogP contribution in [-0.4, -0.2) is 30.4 Å². The largest absolute Gasteiger partial charge is 0.324 e. The van der Waals surface area contributed by atoms with Crippen LogP contribution in [0.2, 0.25) is 0 Å². The molecule has 0 unspecified atom stereocenters. The number of anilines is 1. The van der Waals surface area contributed by atoms with Crippen LogP contribution in [0.5, 0.6) is 0 Å². The van der Waals surface area contributed by atoms with E-state index in [0.717, 1.165) is 38.8 Å². The molecule has 1 rings (SSSR count). The monoisotopic (exact) mass is 287 g/mol. The van der Waals surface area contributed by atoms with Crippen LogP contribution in [-0.2, 0) is 4.79 Å². The van der Waals surface area contributed by atoms with Gasteiger partial charge in [0.05, 0.1) is 17.8 Å². The second-order valence-electron chi connectivity index (χ2n) is 5.19. The first-order chi connectivity index (χ1) is 10.2. The Bertz CT molecular complexity index is 471. The SMILES string of the molecule is CCCCN(CCCC)CC(=O)Nc1ccccc1C#N. The summed E-state index contributed by atoms with van der Waals surface area (Å²) in [5, 5.41) is 11.9. The van der Waals surface area contributed by atoms with Gasteiger partial charge in [0.15, 0.2) is 0 Å². The number of benzene rings is 1. The van der Waals surface area contributed by atoms with Gasteiger partial charge in [-0.2, -0.15) is 5.26 Å². The van der Waals surface area contributed by atoms with Gasteiger partial charge in [-0.1, -0.05) is 38.8 Å². The Hall–Kier alpha value is -1.86. The van der Waals surface area contributed by atoms with Gasteiger partial charge >= 0.3 is 0 Å². The average molecular weight is 287 g/mol. The van der Waals surface area contributed by atoms with E-state index in [4.69, 9.17) is 5.26 Å². The molecule has 1 aromatic carbocycles. The Balaban J connectivity index is 2.58. The molecule has 0 saturated heterocycles. The van der Waals surface area contributed by atoms with Gasteiger partial charge in [0, 0.05) is 0 Å². The summed E-state index contributed by atoms with van der Waals surface area (Å²) in [6, 6.07) is 9.18. The fourth-order valence-corrected chi connectivity index (χ4v) is 2.12. The van der Waals surface area contributed by atoms with Gasteiger partial charge < -0.3 is 5.32 Å². The predicted octanol–water partition coefficient (Wildman–Crippen LogP) is 3.40. The molecule has 1 amide bonds. The summed E-state index contributed by atoms with van der Waals surface area (Å²) >= 11 is 0. The van der Waals surface area contributed by atoms with Crippen LogP contribution in [0.25, 0.3) is 0 Å². The lowest BCUT2D eigenvalue weighted by molar-refractivity contribution is -0.117. The average Bonchev–Trinajstić information content (AvgIpc) is 2.50. The molecular formula is C17H25N3O. The number of nitriles is 1. The first-order valence-corrected chi connectivity index (χ1v) is 7.72. The van der Waals surface area contributed by atoms with Crippen molar-refractivity contribution in [3.05, 3.63) is 29.8 Å². The summed E-state index contributed by atoms with van der Waals surface area (Å²) < 4.78 is 0. The zero-order valence-corrected chi connectivity index (χ0v) is 13.1. The highest BCUT2D eigenvalue weighted by atomic mass is 16.2. The van der Waals surface area contributed by atoms with E-state index in [1.54, 1.807) is 18.2 Å². The lowest BCUT2D eigenvalue weighted by Crippen LogP contribution is -2.34. The number of carbonyl (C=O) groups excluding carboxylic acids is 1. The summed E-state index contributed by atoms with van der Waals surface area (Å²) in [5.74, 6) is -0.0510. The Morgan fingerprint density at radius 3 is 2.38 bits per heavy atom. The van der Waals surface area contributed by atoms with Gasteiger partial charge in [-0.05, 0) is 38.1 Å².